The molecule has 29 heavy (non-hydrogen) atoms. The van der Waals surface area contributed by atoms with Crippen LogP contribution in [0.1, 0.15) is 0 Å². The minimum Gasteiger partial charge on any atom is -0.482 e. The highest BCUT2D eigenvalue weighted by Gasteiger charge is 2.11. The highest BCUT2D eigenvalue weighted by atomic mass is 79.9. The lowest BCUT2D eigenvalue weighted by Crippen LogP contribution is -2.20. The van der Waals surface area contributed by atoms with Crippen LogP contribution in [0.3, 0.4) is 0 Å². The Morgan fingerprint density at radius 3 is 2.62 bits per heavy atom. The minimum absolute atomic E-state index is 0.192. The number of oxazole rings is 1. The summed E-state index contributed by atoms with van der Waals surface area (Å²) in [6.45, 7) is -0.192. The molecule has 8 heteroatoms. The van der Waals surface area contributed by atoms with Crippen molar-refractivity contribution in [3.05, 3.63) is 75.2 Å². The van der Waals surface area contributed by atoms with E-state index in [-0.39, 0.29) is 12.5 Å². The van der Waals surface area contributed by atoms with Crippen molar-refractivity contribution in [2.24, 2.45) is 0 Å². The van der Waals surface area contributed by atoms with E-state index >= 15 is 0 Å². The maximum absolute atomic E-state index is 12.2. The molecule has 1 amide bonds. The normalized spacial score (nSPS) is 10.9. The molecule has 0 spiro atoms. The number of hydrogen-bond donors (Lipinski definition) is 1. The highest BCUT2D eigenvalue weighted by molar-refractivity contribution is 9.10. The predicted octanol–water partition coefficient (Wildman–Crippen LogP) is 6.58. The zero-order valence-electron chi connectivity index (χ0n) is 14.8. The molecule has 0 aliphatic rings. The smallest absolute Gasteiger partial charge is 0.262 e. The third-order valence-electron chi connectivity index (χ3n) is 4.02. The molecular formula is C21H13BrCl2N2O3. The summed E-state index contributed by atoms with van der Waals surface area (Å²) in [5.41, 5.74) is 2.72. The van der Waals surface area contributed by atoms with Gasteiger partial charge in [0.05, 0.1) is 5.02 Å². The summed E-state index contributed by atoms with van der Waals surface area (Å²) in [4.78, 5) is 16.7. The van der Waals surface area contributed by atoms with E-state index in [1.54, 1.807) is 36.4 Å². The fourth-order valence-corrected chi connectivity index (χ4v) is 3.38. The van der Waals surface area contributed by atoms with Crippen LogP contribution in [0.15, 0.2) is 69.6 Å². The highest BCUT2D eigenvalue weighted by Crippen LogP contribution is 2.28. The van der Waals surface area contributed by atoms with Gasteiger partial charge in [-0.3, -0.25) is 4.79 Å². The van der Waals surface area contributed by atoms with E-state index in [0.717, 1.165) is 10.0 Å². The summed E-state index contributed by atoms with van der Waals surface area (Å²) in [6.07, 6.45) is 0. The fraction of sp³-hybridized carbons (Fsp3) is 0.0476. The van der Waals surface area contributed by atoms with Crippen LogP contribution in [-0.2, 0) is 4.79 Å². The van der Waals surface area contributed by atoms with Gasteiger partial charge in [0.25, 0.3) is 5.91 Å². The number of aromatic nitrogens is 1. The number of carbonyl (C=O) groups excluding carboxylic acids is 1. The molecule has 1 N–H and O–H groups in total. The van der Waals surface area contributed by atoms with Gasteiger partial charge in [-0.2, -0.15) is 0 Å². The Balaban J connectivity index is 1.45. The van der Waals surface area contributed by atoms with Gasteiger partial charge in [-0.25, -0.2) is 4.98 Å². The molecule has 0 unspecified atom stereocenters. The lowest BCUT2D eigenvalue weighted by atomic mass is 10.2. The van der Waals surface area contributed by atoms with Crippen molar-refractivity contribution in [1.82, 2.24) is 4.98 Å². The number of halogens is 3. The quantitative estimate of drug-likeness (QED) is 0.342. The van der Waals surface area contributed by atoms with Crippen LogP contribution < -0.4 is 10.1 Å². The van der Waals surface area contributed by atoms with Gasteiger partial charge in [0.2, 0.25) is 5.89 Å². The van der Waals surface area contributed by atoms with Crippen LogP contribution in [0.5, 0.6) is 5.75 Å². The van der Waals surface area contributed by atoms with E-state index in [1.165, 1.54) is 0 Å². The second kappa shape index (κ2) is 8.45. The summed E-state index contributed by atoms with van der Waals surface area (Å²) in [7, 11) is 0. The number of nitrogens with zero attached hydrogens (tertiary/aromatic N) is 1. The monoisotopic (exact) mass is 490 g/mol. The Kier molecular flexibility index (Phi) is 5.76. The van der Waals surface area contributed by atoms with Gasteiger partial charge in [-0.15, -0.1) is 0 Å². The van der Waals surface area contributed by atoms with Crippen molar-refractivity contribution < 1.29 is 13.9 Å². The number of rotatable bonds is 5. The van der Waals surface area contributed by atoms with Gasteiger partial charge < -0.3 is 14.5 Å². The summed E-state index contributed by atoms with van der Waals surface area (Å²) in [5.74, 6) is 0.570. The Bertz CT molecular complexity index is 1190. The van der Waals surface area contributed by atoms with Crippen molar-refractivity contribution in [2.45, 2.75) is 0 Å². The number of benzene rings is 3. The van der Waals surface area contributed by atoms with Crippen LogP contribution in [0, 0.1) is 0 Å². The standard InChI is InChI=1S/C21H13BrCl2N2O3/c22-13-3-1-12(2-4-13)21-26-17-10-15(6-8-19(17)29-21)25-20(27)11-28-18-7-5-14(23)9-16(18)24/h1-10H,11H2,(H,25,27). The summed E-state index contributed by atoms with van der Waals surface area (Å²) >= 11 is 15.3. The maximum Gasteiger partial charge on any atom is 0.262 e. The molecule has 0 saturated carbocycles. The van der Waals surface area contributed by atoms with Gasteiger partial charge >= 0.3 is 0 Å². The van der Waals surface area contributed by atoms with E-state index in [1.807, 2.05) is 24.3 Å². The minimum atomic E-state index is -0.327. The topological polar surface area (TPSA) is 64.4 Å². The van der Waals surface area contributed by atoms with Crippen molar-refractivity contribution in [3.8, 4) is 17.2 Å². The first-order valence-electron chi connectivity index (χ1n) is 8.52. The molecule has 0 atom stereocenters. The molecule has 0 bridgehead atoms. The van der Waals surface area contributed by atoms with E-state index in [2.05, 4.69) is 26.2 Å². The van der Waals surface area contributed by atoms with Crippen molar-refractivity contribution in [1.29, 1.82) is 0 Å². The molecule has 0 radical (unpaired) electrons. The number of ether oxygens (including phenoxy) is 1. The molecule has 4 rings (SSSR count). The lowest BCUT2D eigenvalue weighted by Gasteiger charge is -2.09. The van der Waals surface area contributed by atoms with Crippen LogP contribution in [-0.4, -0.2) is 17.5 Å². The second-order valence-corrected chi connectivity index (χ2v) is 7.88. The Morgan fingerprint density at radius 1 is 1.07 bits per heavy atom. The van der Waals surface area contributed by atoms with Gasteiger partial charge in [-0.05, 0) is 60.7 Å². The SMILES string of the molecule is O=C(COc1ccc(Cl)cc1Cl)Nc1ccc2oc(-c3ccc(Br)cc3)nc2c1. The Labute approximate surface area is 184 Å². The van der Waals surface area contributed by atoms with E-state index in [0.29, 0.717) is 38.5 Å². The molecule has 0 aliphatic heterocycles. The first kappa shape index (κ1) is 19.8. The van der Waals surface area contributed by atoms with E-state index in [4.69, 9.17) is 32.4 Å². The van der Waals surface area contributed by atoms with E-state index < -0.39 is 0 Å². The number of fused-ring (bicyclic) bond motifs is 1. The second-order valence-electron chi connectivity index (χ2n) is 6.12. The van der Waals surface area contributed by atoms with Crippen LogP contribution >= 0.6 is 39.1 Å². The summed E-state index contributed by atoms with van der Waals surface area (Å²) in [5, 5.41) is 3.61. The lowest BCUT2D eigenvalue weighted by molar-refractivity contribution is -0.118. The first-order valence-corrected chi connectivity index (χ1v) is 10.1. The largest absolute Gasteiger partial charge is 0.482 e. The number of anilines is 1. The first-order chi connectivity index (χ1) is 14.0. The molecule has 3 aromatic carbocycles. The van der Waals surface area contributed by atoms with Crippen LogP contribution in [0.2, 0.25) is 10.0 Å². The zero-order chi connectivity index (χ0) is 20.4. The number of nitrogens with one attached hydrogen (secondary N) is 1. The molecule has 1 heterocycles. The number of hydrogen-bond acceptors (Lipinski definition) is 4. The van der Waals surface area contributed by atoms with Gasteiger partial charge in [0, 0.05) is 20.7 Å². The molecule has 0 saturated heterocycles. The summed E-state index contributed by atoms with van der Waals surface area (Å²) in [6, 6.07) is 17.7. The fourth-order valence-electron chi connectivity index (χ4n) is 2.65. The van der Waals surface area contributed by atoms with Gasteiger partial charge in [0.1, 0.15) is 11.3 Å². The van der Waals surface area contributed by atoms with Gasteiger partial charge in [-0.1, -0.05) is 39.1 Å². The molecule has 1 aromatic heterocycles. The molecule has 4 aromatic rings. The van der Waals surface area contributed by atoms with Crippen molar-refractivity contribution in [3.63, 3.8) is 0 Å². The third kappa shape index (κ3) is 4.72. The van der Waals surface area contributed by atoms with Crippen molar-refractivity contribution in [2.75, 3.05) is 11.9 Å². The van der Waals surface area contributed by atoms with Crippen LogP contribution in [0.25, 0.3) is 22.6 Å². The number of amides is 1. The zero-order valence-corrected chi connectivity index (χ0v) is 17.9. The molecule has 0 aliphatic carbocycles. The maximum atomic E-state index is 12.2. The van der Waals surface area contributed by atoms with E-state index in [9.17, 15) is 4.79 Å². The molecule has 5 nitrogen and oxygen atoms in total. The summed E-state index contributed by atoms with van der Waals surface area (Å²) < 4.78 is 12.2. The van der Waals surface area contributed by atoms with Crippen LogP contribution in [0.4, 0.5) is 5.69 Å². The molecule has 0 fully saturated rings. The Morgan fingerprint density at radius 2 is 1.86 bits per heavy atom. The van der Waals surface area contributed by atoms with Gasteiger partial charge in [0.15, 0.2) is 12.2 Å². The molecular weight excluding hydrogens is 479 g/mol. The average molecular weight is 492 g/mol. The Hall–Kier alpha value is -2.54. The number of carbonyl (C=O) groups is 1. The molecule has 146 valence electrons. The average Bonchev–Trinajstić information content (AvgIpc) is 3.11. The van der Waals surface area contributed by atoms with Crippen molar-refractivity contribution >= 4 is 61.8 Å². The predicted molar refractivity (Wildman–Crippen MR) is 118 cm³/mol. The third-order valence-corrected chi connectivity index (χ3v) is 5.07.